The van der Waals surface area contributed by atoms with Gasteiger partial charge in [0.15, 0.2) is 9.84 Å². The first-order valence-corrected chi connectivity index (χ1v) is 7.30. The van der Waals surface area contributed by atoms with Gasteiger partial charge in [-0.15, -0.1) is 0 Å². The molecule has 0 saturated carbocycles. The molecule has 3 nitrogen and oxygen atoms in total. The van der Waals surface area contributed by atoms with Crippen molar-refractivity contribution in [2.24, 2.45) is 0 Å². The molecule has 0 fully saturated rings. The highest BCUT2D eigenvalue weighted by atomic mass is 79.9. The van der Waals surface area contributed by atoms with E-state index in [0.29, 0.717) is 0 Å². The van der Waals surface area contributed by atoms with Gasteiger partial charge in [-0.05, 0) is 17.7 Å². The Hall–Kier alpha value is -0.460. The van der Waals surface area contributed by atoms with Crippen molar-refractivity contribution in [2.45, 2.75) is 17.2 Å². The van der Waals surface area contributed by atoms with E-state index in [-0.39, 0.29) is 11.3 Å². The van der Waals surface area contributed by atoms with Crippen molar-refractivity contribution >= 4 is 25.8 Å². The summed E-state index contributed by atoms with van der Waals surface area (Å²) in [7, 11) is -3.41. The molecule has 0 aliphatic carbocycles. The maximum Gasteiger partial charge on any atom is 0.165 e. The number of halogens is 2. The smallest absolute Gasteiger partial charge is 0.165 e. The molecular formula is C10H12BrFO3S. The molecule has 0 aromatic heterocycles. The van der Waals surface area contributed by atoms with E-state index in [1.165, 1.54) is 25.1 Å². The largest absolute Gasteiger partial charge is 0.386 e. The molecule has 0 unspecified atom stereocenters. The van der Waals surface area contributed by atoms with Crippen LogP contribution in [0.3, 0.4) is 0 Å². The van der Waals surface area contributed by atoms with Crippen LogP contribution in [0.4, 0.5) is 4.39 Å². The van der Waals surface area contributed by atoms with Crippen LogP contribution in [0.5, 0.6) is 0 Å². The fourth-order valence-electron chi connectivity index (χ4n) is 1.20. The number of aliphatic hydroxyl groups excluding tert-OH is 1. The summed E-state index contributed by atoms with van der Waals surface area (Å²) in [6.45, 7) is 1.49. The van der Waals surface area contributed by atoms with Gasteiger partial charge >= 0.3 is 0 Å². The van der Waals surface area contributed by atoms with Crippen LogP contribution in [0.15, 0.2) is 24.3 Å². The summed E-state index contributed by atoms with van der Waals surface area (Å²) in [5.41, 5.74) is 0.235. The normalized spacial score (nSPS) is 15.8. The van der Waals surface area contributed by atoms with Crippen LogP contribution in [-0.2, 0) is 9.84 Å². The maximum atomic E-state index is 12.9. The maximum absolute atomic E-state index is 12.9. The monoisotopic (exact) mass is 310 g/mol. The molecule has 90 valence electrons. The molecule has 0 amide bonds. The van der Waals surface area contributed by atoms with E-state index in [2.05, 4.69) is 15.9 Å². The Morgan fingerprint density at radius 2 is 2.12 bits per heavy atom. The van der Waals surface area contributed by atoms with Crippen molar-refractivity contribution in [1.82, 2.24) is 0 Å². The number of rotatable bonds is 4. The predicted molar refractivity (Wildman–Crippen MR) is 63.5 cm³/mol. The van der Waals surface area contributed by atoms with Crippen molar-refractivity contribution in [2.75, 3.05) is 5.75 Å². The summed E-state index contributed by atoms with van der Waals surface area (Å²) in [5.74, 6) is -0.597. The highest BCUT2D eigenvalue weighted by Gasteiger charge is 2.29. The number of sulfone groups is 1. The second kappa shape index (κ2) is 5.25. The molecule has 0 spiro atoms. The third-order valence-corrected chi connectivity index (χ3v) is 6.14. The molecule has 16 heavy (non-hydrogen) atoms. The number of aliphatic hydroxyl groups is 1. The number of hydrogen-bond acceptors (Lipinski definition) is 3. The quantitative estimate of drug-likeness (QED) is 0.866. The lowest BCUT2D eigenvalue weighted by Gasteiger charge is -2.17. The van der Waals surface area contributed by atoms with Crippen LogP contribution in [-0.4, -0.2) is 23.4 Å². The number of benzene rings is 1. The molecule has 0 aliphatic heterocycles. The summed E-state index contributed by atoms with van der Waals surface area (Å²) in [4.78, 5) is 0. The molecule has 0 aliphatic rings. The van der Waals surface area contributed by atoms with E-state index in [4.69, 9.17) is 0 Å². The summed E-state index contributed by atoms with van der Waals surface area (Å²) in [6, 6.07) is 5.25. The first-order valence-electron chi connectivity index (χ1n) is 4.67. The van der Waals surface area contributed by atoms with E-state index >= 15 is 0 Å². The van der Waals surface area contributed by atoms with Crippen LogP contribution in [0, 0.1) is 5.82 Å². The van der Waals surface area contributed by atoms with Gasteiger partial charge in [0.25, 0.3) is 0 Å². The lowest BCUT2D eigenvalue weighted by atomic mass is 10.1. The molecular weight excluding hydrogens is 299 g/mol. The van der Waals surface area contributed by atoms with E-state index in [1.807, 2.05) is 0 Å². The van der Waals surface area contributed by atoms with Crippen molar-refractivity contribution < 1.29 is 17.9 Å². The second-order valence-electron chi connectivity index (χ2n) is 3.30. The van der Waals surface area contributed by atoms with Gasteiger partial charge in [0.1, 0.15) is 16.1 Å². The van der Waals surface area contributed by atoms with Crippen molar-refractivity contribution in [3.63, 3.8) is 0 Å². The Bertz CT molecular complexity index is 461. The van der Waals surface area contributed by atoms with Crippen LogP contribution in [0.2, 0.25) is 0 Å². The van der Waals surface area contributed by atoms with Gasteiger partial charge in [-0.2, -0.15) is 0 Å². The topological polar surface area (TPSA) is 54.4 Å². The Kier molecular flexibility index (Phi) is 4.46. The minimum Gasteiger partial charge on any atom is -0.386 e. The molecule has 6 heteroatoms. The van der Waals surface area contributed by atoms with Crippen LogP contribution in [0.25, 0.3) is 0 Å². The van der Waals surface area contributed by atoms with E-state index in [1.54, 1.807) is 0 Å². The van der Waals surface area contributed by atoms with Gasteiger partial charge < -0.3 is 5.11 Å². The third kappa shape index (κ3) is 3.02. The minimum absolute atomic E-state index is 0.0880. The average Bonchev–Trinajstić information content (AvgIpc) is 2.27. The summed E-state index contributed by atoms with van der Waals surface area (Å²) in [5, 5.41) is 9.79. The van der Waals surface area contributed by atoms with Gasteiger partial charge in [0.05, 0.1) is 0 Å². The molecule has 2 atom stereocenters. The first-order chi connectivity index (χ1) is 7.38. The summed E-state index contributed by atoms with van der Waals surface area (Å²) in [6.07, 6.45) is -1.28. The van der Waals surface area contributed by atoms with Crippen molar-refractivity contribution in [3.05, 3.63) is 35.6 Å². The lowest BCUT2D eigenvalue weighted by molar-refractivity contribution is 0.194. The number of alkyl halides is 1. The Labute approximate surface area is 102 Å². The molecule has 1 aromatic rings. The van der Waals surface area contributed by atoms with Gasteiger partial charge in [-0.3, -0.25) is 0 Å². The van der Waals surface area contributed by atoms with Crippen molar-refractivity contribution in [1.29, 1.82) is 0 Å². The zero-order valence-electron chi connectivity index (χ0n) is 8.60. The molecule has 0 radical (unpaired) electrons. The molecule has 0 saturated heterocycles. The first kappa shape index (κ1) is 13.6. The van der Waals surface area contributed by atoms with Gasteiger partial charge in [0.2, 0.25) is 0 Å². The third-order valence-electron chi connectivity index (χ3n) is 2.18. The number of hydrogen-bond donors (Lipinski definition) is 1. The van der Waals surface area contributed by atoms with Gasteiger partial charge in [-0.1, -0.05) is 35.0 Å². The average molecular weight is 311 g/mol. The van der Waals surface area contributed by atoms with Gasteiger partial charge in [0, 0.05) is 5.75 Å². The fourth-order valence-corrected chi connectivity index (χ4v) is 3.16. The van der Waals surface area contributed by atoms with Crippen LogP contribution >= 0.6 is 15.9 Å². The Morgan fingerprint density at radius 3 is 2.62 bits per heavy atom. The summed E-state index contributed by atoms with van der Waals surface area (Å²) < 4.78 is 34.8. The second-order valence-corrected chi connectivity index (χ2v) is 7.31. The molecule has 0 bridgehead atoms. The van der Waals surface area contributed by atoms with Crippen molar-refractivity contribution in [3.8, 4) is 0 Å². The standard InChI is InChI=1S/C10H12BrFO3S/c1-2-16(14,15)10(11)9(13)7-4-3-5-8(12)6-7/h3-6,9-10,13H,2H2,1H3/t9-,10+/m1/s1. The highest BCUT2D eigenvalue weighted by molar-refractivity contribution is 9.11. The predicted octanol–water partition coefficient (Wildman–Crippen LogP) is 2.01. The van der Waals surface area contributed by atoms with E-state index in [9.17, 15) is 17.9 Å². The SMILES string of the molecule is CCS(=O)(=O)[C@H](Br)[C@H](O)c1cccc(F)c1. The molecule has 0 heterocycles. The summed E-state index contributed by atoms with van der Waals surface area (Å²) >= 11 is 2.93. The minimum atomic E-state index is -3.41. The Morgan fingerprint density at radius 1 is 1.50 bits per heavy atom. The van der Waals surface area contributed by atoms with E-state index < -0.39 is 25.9 Å². The highest BCUT2D eigenvalue weighted by Crippen LogP contribution is 2.27. The van der Waals surface area contributed by atoms with E-state index in [0.717, 1.165) is 6.07 Å². The molecule has 1 aromatic carbocycles. The zero-order valence-corrected chi connectivity index (χ0v) is 11.0. The Balaban J connectivity index is 2.99. The molecule has 1 N–H and O–H groups in total. The lowest BCUT2D eigenvalue weighted by Crippen LogP contribution is -2.24. The zero-order chi connectivity index (χ0) is 12.3. The van der Waals surface area contributed by atoms with Crippen LogP contribution in [0.1, 0.15) is 18.6 Å². The molecule has 1 rings (SSSR count). The van der Waals surface area contributed by atoms with Crippen LogP contribution < -0.4 is 0 Å². The van der Waals surface area contributed by atoms with Gasteiger partial charge in [-0.25, -0.2) is 12.8 Å². The fraction of sp³-hybridized carbons (Fsp3) is 0.400.